The van der Waals surface area contributed by atoms with Crippen LogP contribution >= 0.6 is 0 Å². The number of anilines is 1. The van der Waals surface area contributed by atoms with Gasteiger partial charge in [-0.1, -0.05) is 6.07 Å². The van der Waals surface area contributed by atoms with Crippen molar-refractivity contribution >= 4 is 16.9 Å². The van der Waals surface area contributed by atoms with Crippen LogP contribution in [0.2, 0.25) is 0 Å². The molecule has 4 aromatic rings. The molecule has 1 aliphatic heterocycles. The summed E-state index contributed by atoms with van der Waals surface area (Å²) < 4.78 is 32.6. The Labute approximate surface area is 200 Å². The number of piperazine rings is 1. The molecule has 3 aromatic heterocycles. The van der Waals surface area contributed by atoms with Gasteiger partial charge in [0.05, 0.1) is 43.5 Å². The molecule has 5 rings (SSSR count). The van der Waals surface area contributed by atoms with Crippen molar-refractivity contribution in [3.8, 4) is 17.3 Å². The van der Waals surface area contributed by atoms with Crippen LogP contribution in [0.4, 0.5) is 14.6 Å². The summed E-state index contributed by atoms with van der Waals surface area (Å²) in [6.07, 6.45) is 4.69. The number of nitrogens with zero attached hydrogens (tertiary/aromatic N) is 7. The van der Waals surface area contributed by atoms with Crippen molar-refractivity contribution < 1.29 is 18.6 Å². The largest absolute Gasteiger partial charge is 0.480 e. The second kappa shape index (κ2) is 9.80. The molecule has 1 saturated heterocycles. The monoisotopic (exact) mass is 479 g/mol. The molecule has 11 heteroatoms. The zero-order chi connectivity index (χ0) is 24.4. The van der Waals surface area contributed by atoms with E-state index in [1.807, 2.05) is 0 Å². The van der Waals surface area contributed by atoms with Crippen LogP contribution < -0.4 is 9.64 Å². The number of pyridine rings is 1. The minimum atomic E-state index is -0.585. The Hall–Kier alpha value is -3.83. The van der Waals surface area contributed by atoms with Crippen molar-refractivity contribution in [1.82, 2.24) is 29.8 Å². The topological polar surface area (TPSA) is 100 Å². The van der Waals surface area contributed by atoms with Gasteiger partial charge < -0.3 is 14.7 Å². The third kappa shape index (κ3) is 4.86. The zero-order valence-electron chi connectivity index (χ0n) is 19.0. The van der Waals surface area contributed by atoms with Crippen molar-refractivity contribution in [3.05, 3.63) is 65.7 Å². The predicted molar refractivity (Wildman–Crippen MR) is 125 cm³/mol. The first-order valence-corrected chi connectivity index (χ1v) is 11.1. The van der Waals surface area contributed by atoms with E-state index in [-0.39, 0.29) is 6.61 Å². The second-order valence-corrected chi connectivity index (χ2v) is 8.16. The van der Waals surface area contributed by atoms with Crippen molar-refractivity contribution in [3.63, 3.8) is 0 Å². The van der Waals surface area contributed by atoms with Gasteiger partial charge in [0.1, 0.15) is 28.5 Å². The fourth-order valence-corrected chi connectivity index (χ4v) is 4.04. The number of methoxy groups -OCH3 is 1. The third-order valence-corrected chi connectivity index (χ3v) is 5.90. The van der Waals surface area contributed by atoms with E-state index in [1.165, 1.54) is 25.4 Å². The zero-order valence-corrected chi connectivity index (χ0v) is 19.0. The van der Waals surface area contributed by atoms with Gasteiger partial charge in [0.15, 0.2) is 5.82 Å². The minimum Gasteiger partial charge on any atom is -0.480 e. The molecule has 0 spiro atoms. The summed E-state index contributed by atoms with van der Waals surface area (Å²) in [4.78, 5) is 26.7. The van der Waals surface area contributed by atoms with Gasteiger partial charge >= 0.3 is 0 Å². The molecule has 0 radical (unpaired) electrons. The maximum Gasteiger partial charge on any atom is 0.232 e. The SMILES string of the molecule is COc1cncc(-c2nc3cnc(CO)cc3nc2N2CCN(Cc3ccc(F)cc3F)CC2)n1. The molecule has 1 fully saturated rings. The van der Waals surface area contributed by atoms with E-state index in [2.05, 4.69) is 24.8 Å². The summed E-state index contributed by atoms with van der Waals surface area (Å²) in [5, 5.41) is 9.48. The average Bonchev–Trinajstić information content (AvgIpc) is 2.89. The number of aromatic nitrogens is 5. The van der Waals surface area contributed by atoms with Crippen LogP contribution in [0.1, 0.15) is 11.3 Å². The molecule has 0 amide bonds. The van der Waals surface area contributed by atoms with Gasteiger partial charge in [-0.2, -0.15) is 0 Å². The summed E-state index contributed by atoms with van der Waals surface area (Å²) in [6, 6.07) is 5.38. The summed E-state index contributed by atoms with van der Waals surface area (Å²) in [6.45, 7) is 2.73. The van der Waals surface area contributed by atoms with E-state index in [9.17, 15) is 13.9 Å². The Bertz CT molecular complexity index is 1360. The van der Waals surface area contributed by atoms with Gasteiger partial charge in [-0.3, -0.25) is 14.9 Å². The lowest BCUT2D eigenvalue weighted by atomic mass is 10.1. The molecule has 0 aliphatic carbocycles. The highest BCUT2D eigenvalue weighted by Crippen LogP contribution is 2.30. The molecule has 1 N–H and O–H groups in total. The highest BCUT2D eigenvalue weighted by molar-refractivity contribution is 5.82. The van der Waals surface area contributed by atoms with E-state index >= 15 is 0 Å². The first kappa shape index (κ1) is 22.9. The van der Waals surface area contributed by atoms with E-state index in [1.54, 1.807) is 18.5 Å². The van der Waals surface area contributed by atoms with Crippen molar-refractivity contribution in [1.29, 1.82) is 0 Å². The molecule has 35 heavy (non-hydrogen) atoms. The van der Waals surface area contributed by atoms with Crippen molar-refractivity contribution in [2.75, 3.05) is 38.2 Å². The summed E-state index contributed by atoms with van der Waals surface area (Å²) >= 11 is 0. The molecule has 0 atom stereocenters. The van der Waals surface area contributed by atoms with Gasteiger partial charge in [0.2, 0.25) is 5.88 Å². The van der Waals surface area contributed by atoms with Crippen LogP contribution in [0.3, 0.4) is 0 Å². The van der Waals surface area contributed by atoms with Crippen LogP contribution in [0.25, 0.3) is 22.4 Å². The molecule has 1 aliphatic rings. The van der Waals surface area contributed by atoms with Crippen LogP contribution in [-0.4, -0.2) is 68.2 Å². The molecule has 180 valence electrons. The summed E-state index contributed by atoms with van der Waals surface area (Å²) in [7, 11) is 1.52. The van der Waals surface area contributed by atoms with Crippen LogP contribution in [0, 0.1) is 11.6 Å². The molecule has 4 heterocycles. The lowest BCUT2D eigenvalue weighted by Gasteiger charge is -2.36. The van der Waals surface area contributed by atoms with E-state index in [4.69, 9.17) is 14.7 Å². The number of aliphatic hydroxyl groups excluding tert-OH is 1. The Morgan fingerprint density at radius 3 is 2.54 bits per heavy atom. The number of benzene rings is 1. The van der Waals surface area contributed by atoms with Crippen molar-refractivity contribution in [2.24, 2.45) is 0 Å². The average molecular weight is 479 g/mol. The fourth-order valence-electron chi connectivity index (χ4n) is 4.04. The van der Waals surface area contributed by atoms with Crippen LogP contribution in [0.15, 0.2) is 42.9 Å². The maximum absolute atomic E-state index is 14.1. The van der Waals surface area contributed by atoms with Crippen LogP contribution in [-0.2, 0) is 13.2 Å². The predicted octanol–water partition coefficient (Wildman–Crippen LogP) is 2.58. The lowest BCUT2D eigenvalue weighted by molar-refractivity contribution is 0.246. The smallest absolute Gasteiger partial charge is 0.232 e. The second-order valence-electron chi connectivity index (χ2n) is 8.16. The molecular formula is C24H23F2N7O2. The third-order valence-electron chi connectivity index (χ3n) is 5.90. The van der Waals surface area contributed by atoms with Crippen molar-refractivity contribution in [2.45, 2.75) is 13.2 Å². The molecular weight excluding hydrogens is 456 g/mol. The summed E-state index contributed by atoms with van der Waals surface area (Å²) in [5.74, 6) is -0.142. The number of ether oxygens (including phenoxy) is 1. The van der Waals surface area contributed by atoms with Gasteiger partial charge in [0.25, 0.3) is 0 Å². The number of hydrogen-bond donors (Lipinski definition) is 1. The fraction of sp³-hybridized carbons (Fsp3) is 0.292. The normalized spacial score (nSPS) is 14.5. The highest BCUT2D eigenvalue weighted by atomic mass is 19.1. The quantitative estimate of drug-likeness (QED) is 0.447. The van der Waals surface area contributed by atoms with Gasteiger partial charge in [0, 0.05) is 44.4 Å². The Morgan fingerprint density at radius 2 is 1.80 bits per heavy atom. The highest BCUT2D eigenvalue weighted by Gasteiger charge is 2.24. The Morgan fingerprint density at radius 1 is 0.971 bits per heavy atom. The number of halogens is 2. The number of aliphatic hydroxyl groups is 1. The van der Waals surface area contributed by atoms with Crippen LogP contribution in [0.5, 0.6) is 5.88 Å². The summed E-state index contributed by atoms with van der Waals surface area (Å²) in [5.41, 5.74) is 3.18. The van der Waals surface area contributed by atoms with Gasteiger partial charge in [-0.25, -0.2) is 23.7 Å². The number of fused-ring (bicyclic) bond motifs is 1. The Balaban J connectivity index is 1.45. The maximum atomic E-state index is 14.1. The van der Waals surface area contributed by atoms with Gasteiger partial charge in [-0.15, -0.1) is 0 Å². The molecule has 9 nitrogen and oxygen atoms in total. The molecule has 1 aromatic carbocycles. The Kier molecular flexibility index (Phi) is 6.43. The van der Waals surface area contributed by atoms with E-state index < -0.39 is 11.6 Å². The minimum absolute atomic E-state index is 0.200. The van der Waals surface area contributed by atoms with E-state index in [0.29, 0.717) is 78.1 Å². The first-order chi connectivity index (χ1) is 17.0. The number of hydrogen-bond acceptors (Lipinski definition) is 9. The van der Waals surface area contributed by atoms with E-state index in [0.717, 1.165) is 6.07 Å². The number of rotatable bonds is 6. The molecule has 0 unspecified atom stereocenters. The lowest BCUT2D eigenvalue weighted by Crippen LogP contribution is -2.46. The standard InChI is InChI=1S/C24H23F2N7O2/c1-35-22-12-27-10-21(29-22)23-24(31-19-9-17(14-34)28-11-20(19)30-23)33-6-4-32(5-7-33)13-15-2-3-16(25)8-18(15)26/h2-3,8-12,34H,4-7,13-14H2,1H3. The van der Waals surface area contributed by atoms with Gasteiger partial charge in [-0.05, 0) is 12.1 Å². The molecule has 0 saturated carbocycles. The first-order valence-electron chi connectivity index (χ1n) is 11.1. The molecule has 0 bridgehead atoms.